The van der Waals surface area contributed by atoms with Crippen molar-refractivity contribution in [3.63, 3.8) is 0 Å². The number of hydrogen-bond acceptors (Lipinski definition) is 3. The van der Waals surface area contributed by atoms with E-state index in [0.717, 1.165) is 18.9 Å². The summed E-state index contributed by atoms with van der Waals surface area (Å²) >= 11 is 5.75. The summed E-state index contributed by atoms with van der Waals surface area (Å²) in [6, 6.07) is 13.5. The molecule has 0 aliphatic heterocycles. The molecule has 1 unspecified atom stereocenters. The summed E-state index contributed by atoms with van der Waals surface area (Å²) in [6.07, 6.45) is 2.68. The van der Waals surface area contributed by atoms with Crippen molar-refractivity contribution in [2.24, 2.45) is 0 Å². The fourth-order valence-corrected chi connectivity index (χ4v) is 5.96. The summed E-state index contributed by atoms with van der Waals surface area (Å²) in [5.41, 5.74) is 1.92. The number of nitrogens with one attached hydrogen (secondary N) is 2. The number of amides is 3. The predicted molar refractivity (Wildman–Crippen MR) is 154 cm³/mol. The average Bonchev–Trinajstić information content (AvgIpc) is 3.71. The molecule has 0 radical (unpaired) electrons. The monoisotopic (exact) mass is 573 g/mol. The fraction of sp³-hybridized carbons (Fsp3) is 0.310. The molecule has 1 saturated carbocycles. The Bertz CT molecular complexity index is 1440. The van der Waals surface area contributed by atoms with E-state index in [9.17, 15) is 18.5 Å². The van der Waals surface area contributed by atoms with Crippen LogP contribution in [0.5, 0.6) is 0 Å². The smallest absolute Gasteiger partial charge is 0.319 e. The first kappa shape index (κ1) is 28.8. The summed E-state index contributed by atoms with van der Waals surface area (Å²) in [5.74, 6) is -1.06. The van der Waals surface area contributed by atoms with Crippen molar-refractivity contribution in [3.05, 3.63) is 76.8 Å². The van der Waals surface area contributed by atoms with Crippen molar-refractivity contribution in [2.45, 2.75) is 38.1 Å². The van der Waals surface area contributed by atoms with Crippen LogP contribution in [0.3, 0.4) is 0 Å². The Morgan fingerprint density at radius 2 is 1.85 bits per heavy atom. The maximum Gasteiger partial charge on any atom is 0.319 e. The van der Waals surface area contributed by atoms with E-state index in [1.54, 1.807) is 56.7 Å². The zero-order chi connectivity index (χ0) is 28.3. The molecule has 1 fully saturated rings. The minimum absolute atomic E-state index is 0.000202. The molecule has 6 nitrogen and oxygen atoms in total. The molecule has 0 saturated heterocycles. The molecule has 2 N–H and O–H groups in total. The van der Waals surface area contributed by atoms with E-state index in [2.05, 4.69) is 10.6 Å². The summed E-state index contributed by atoms with van der Waals surface area (Å²) in [4.78, 5) is 25.9. The minimum atomic E-state index is -2.66. The number of carbonyl (C=O) groups is 2. The second kappa shape index (κ2) is 11.9. The van der Waals surface area contributed by atoms with Gasteiger partial charge in [-0.2, -0.15) is 0 Å². The normalized spacial score (nSPS) is 14.0. The Morgan fingerprint density at radius 1 is 1.13 bits per heavy atom. The molecule has 10 heteroatoms. The van der Waals surface area contributed by atoms with Crippen LogP contribution in [-0.4, -0.2) is 38.4 Å². The van der Waals surface area contributed by atoms with Crippen molar-refractivity contribution in [3.8, 4) is 11.1 Å². The zero-order valence-electron chi connectivity index (χ0n) is 22.0. The Labute approximate surface area is 232 Å². The number of nitrogens with zero attached hydrogens (tertiary/aromatic N) is 1. The van der Waals surface area contributed by atoms with Gasteiger partial charge in [0.05, 0.1) is 5.69 Å². The van der Waals surface area contributed by atoms with Gasteiger partial charge in [-0.05, 0) is 81.3 Å². The van der Waals surface area contributed by atoms with Crippen LogP contribution in [0.15, 0.2) is 54.6 Å². The largest absolute Gasteiger partial charge is 0.335 e. The van der Waals surface area contributed by atoms with Crippen LogP contribution in [0, 0.1) is 11.6 Å². The van der Waals surface area contributed by atoms with E-state index in [0.29, 0.717) is 40.5 Å². The highest BCUT2D eigenvalue weighted by molar-refractivity contribution is 7.70. The molecule has 0 spiro atoms. The van der Waals surface area contributed by atoms with Gasteiger partial charge in [0, 0.05) is 39.7 Å². The van der Waals surface area contributed by atoms with Crippen LogP contribution in [-0.2, 0) is 9.36 Å². The highest BCUT2D eigenvalue weighted by atomic mass is 35.5. The molecule has 3 aromatic rings. The molecule has 4 rings (SSSR count). The van der Waals surface area contributed by atoms with Gasteiger partial charge in [0.25, 0.3) is 0 Å². The number of urea groups is 1. The molecule has 1 atom stereocenters. The third-order valence-corrected chi connectivity index (χ3v) is 8.50. The van der Waals surface area contributed by atoms with Gasteiger partial charge in [-0.3, -0.25) is 4.79 Å². The molecular weight excluding hydrogens is 543 g/mol. The van der Waals surface area contributed by atoms with Crippen LogP contribution >= 0.6 is 18.7 Å². The van der Waals surface area contributed by atoms with E-state index in [1.165, 1.54) is 17.0 Å². The number of hydrogen-bond donors (Lipinski definition) is 2. The third-order valence-electron chi connectivity index (χ3n) is 6.71. The Morgan fingerprint density at radius 3 is 2.49 bits per heavy atom. The molecular formula is C29H31ClF2N3O3P. The quantitative estimate of drug-likeness (QED) is 0.203. The Balaban J connectivity index is 1.50. The van der Waals surface area contributed by atoms with Gasteiger partial charge < -0.3 is 20.1 Å². The third kappa shape index (κ3) is 6.87. The molecule has 3 amide bonds. The van der Waals surface area contributed by atoms with Gasteiger partial charge >= 0.3 is 6.03 Å². The number of carbonyl (C=O) groups excluding carboxylic acids is 2. The van der Waals surface area contributed by atoms with Gasteiger partial charge in [0.1, 0.15) is 18.8 Å². The van der Waals surface area contributed by atoms with Gasteiger partial charge in [-0.25, -0.2) is 13.6 Å². The standard InChI is InChI=1S/C29H31ClF2N3O3P/c1-18(33-29(37)34-24-12-10-20(30)16-23(24)31)14-15-35(17-36)25-13-11-22(28(32)27(25)19-8-9-19)21-6-4-5-7-26(21)39(2,3)38/h4-7,10-13,16-19H,8-9,14-15H2,1-3H3,(H2,33,34,37). The second-order valence-corrected chi connectivity index (χ2v) is 13.8. The number of benzene rings is 3. The number of rotatable bonds is 10. The molecule has 1 aliphatic rings. The van der Waals surface area contributed by atoms with Crippen LogP contribution in [0.2, 0.25) is 5.02 Å². The lowest BCUT2D eigenvalue weighted by molar-refractivity contribution is -0.107. The van der Waals surface area contributed by atoms with Crippen molar-refractivity contribution in [2.75, 3.05) is 30.1 Å². The van der Waals surface area contributed by atoms with Crippen molar-refractivity contribution < 1.29 is 22.9 Å². The number of halogens is 3. The van der Waals surface area contributed by atoms with Gasteiger partial charge in [0.2, 0.25) is 6.41 Å². The summed E-state index contributed by atoms with van der Waals surface area (Å²) in [7, 11) is -2.66. The van der Waals surface area contributed by atoms with E-state index >= 15 is 4.39 Å². The summed E-state index contributed by atoms with van der Waals surface area (Å²) in [6.45, 7) is 5.32. The van der Waals surface area contributed by atoms with Crippen molar-refractivity contribution in [1.29, 1.82) is 0 Å². The molecule has 0 bridgehead atoms. The summed E-state index contributed by atoms with van der Waals surface area (Å²) in [5, 5.41) is 5.99. The Hall–Kier alpha value is -3.22. The first-order chi connectivity index (χ1) is 18.5. The number of anilines is 2. The zero-order valence-corrected chi connectivity index (χ0v) is 23.7. The van der Waals surface area contributed by atoms with Crippen LogP contribution in [0.1, 0.15) is 37.7 Å². The second-order valence-electron chi connectivity index (χ2n) is 10.2. The average molecular weight is 574 g/mol. The SMILES string of the molecule is CC(CCN(C=O)c1ccc(-c2ccccc2P(C)(C)=O)c(F)c1C1CC1)NC(=O)Nc1ccc(Cl)cc1F. The molecule has 0 heterocycles. The van der Waals surface area contributed by atoms with Crippen LogP contribution in [0.25, 0.3) is 11.1 Å². The van der Waals surface area contributed by atoms with Crippen LogP contribution < -0.4 is 20.8 Å². The highest BCUT2D eigenvalue weighted by Crippen LogP contribution is 2.48. The lowest BCUT2D eigenvalue weighted by Gasteiger charge is -2.25. The predicted octanol–water partition coefficient (Wildman–Crippen LogP) is 6.97. The van der Waals surface area contributed by atoms with E-state index in [1.807, 2.05) is 0 Å². The van der Waals surface area contributed by atoms with E-state index in [4.69, 9.17) is 11.6 Å². The van der Waals surface area contributed by atoms with E-state index < -0.39 is 24.8 Å². The fourth-order valence-electron chi connectivity index (χ4n) is 4.58. The maximum absolute atomic E-state index is 16.1. The summed E-state index contributed by atoms with van der Waals surface area (Å²) < 4.78 is 42.9. The van der Waals surface area contributed by atoms with Gasteiger partial charge in [-0.15, -0.1) is 0 Å². The minimum Gasteiger partial charge on any atom is -0.335 e. The molecule has 0 aromatic heterocycles. The maximum atomic E-state index is 16.1. The highest BCUT2D eigenvalue weighted by Gasteiger charge is 2.33. The van der Waals surface area contributed by atoms with Crippen LogP contribution in [0.4, 0.5) is 25.0 Å². The van der Waals surface area contributed by atoms with Gasteiger partial charge in [-0.1, -0.05) is 35.9 Å². The Kier molecular flexibility index (Phi) is 8.77. The lowest BCUT2D eigenvalue weighted by Crippen LogP contribution is -2.38. The molecule has 3 aromatic carbocycles. The first-order valence-electron chi connectivity index (χ1n) is 12.7. The topological polar surface area (TPSA) is 78.5 Å². The first-order valence-corrected chi connectivity index (χ1v) is 15.7. The van der Waals surface area contributed by atoms with Gasteiger partial charge in [0.15, 0.2) is 0 Å². The molecule has 206 valence electrons. The molecule has 1 aliphatic carbocycles. The van der Waals surface area contributed by atoms with E-state index in [-0.39, 0.29) is 29.2 Å². The molecule has 39 heavy (non-hydrogen) atoms. The lowest BCUT2D eigenvalue weighted by atomic mass is 9.97. The van der Waals surface area contributed by atoms with Crippen molar-refractivity contribution in [1.82, 2.24) is 5.32 Å². The van der Waals surface area contributed by atoms with Crippen molar-refractivity contribution >= 4 is 47.9 Å².